The van der Waals surface area contributed by atoms with Gasteiger partial charge < -0.3 is 36.3 Å². The first-order valence-electron chi connectivity index (χ1n) is 14.2. The third kappa shape index (κ3) is 15.8. The Balaban J connectivity index is 2.50. The fraction of sp³-hybridized carbons (Fsp3) is 0.621. The second-order valence-corrected chi connectivity index (χ2v) is 9.94. The number of rotatable bonds is 21. The maximum atomic E-state index is 12.6. The van der Waals surface area contributed by atoms with E-state index in [0.717, 1.165) is 24.8 Å². The summed E-state index contributed by atoms with van der Waals surface area (Å²) in [6.45, 7) is 5.11. The van der Waals surface area contributed by atoms with Crippen LogP contribution in [0.25, 0.3) is 0 Å². The average Bonchev–Trinajstić information content (AvgIpc) is 2.95. The smallest absolute Gasteiger partial charge is 0.306 e. The number of carbonyl (C=O) groups is 5. The second-order valence-electron chi connectivity index (χ2n) is 9.94. The molecule has 1 aromatic rings. The Labute approximate surface area is 242 Å². The molecule has 4 atom stereocenters. The van der Waals surface area contributed by atoms with Crippen molar-refractivity contribution in [2.24, 2.45) is 5.73 Å². The highest BCUT2D eigenvalue weighted by Gasteiger charge is 2.26. The van der Waals surface area contributed by atoms with Gasteiger partial charge in [-0.1, -0.05) is 50.1 Å². The first kappa shape index (κ1) is 35.5. The van der Waals surface area contributed by atoms with Crippen LogP contribution in [0.1, 0.15) is 77.7 Å². The van der Waals surface area contributed by atoms with Gasteiger partial charge in [0.05, 0.1) is 12.6 Å². The number of aliphatic hydroxyl groups is 1. The molecular formula is C29H46N4O8. The van der Waals surface area contributed by atoms with E-state index in [1.807, 2.05) is 30.3 Å². The van der Waals surface area contributed by atoms with Crippen molar-refractivity contribution in [1.82, 2.24) is 16.0 Å². The predicted octanol–water partition coefficient (Wildman–Crippen LogP) is 1.23. The van der Waals surface area contributed by atoms with E-state index >= 15 is 0 Å². The molecular weight excluding hydrogens is 532 g/mol. The zero-order valence-corrected chi connectivity index (χ0v) is 24.4. The Bertz CT molecular complexity index is 959. The second kappa shape index (κ2) is 20.4. The van der Waals surface area contributed by atoms with Crippen molar-refractivity contribution in [2.75, 3.05) is 13.2 Å². The molecule has 0 saturated heterocycles. The molecule has 0 aliphatic heterocycles. The van der Waals surface area contributed by atoms with Gasteiger partial charge in [-0.05, 0) is 45.1 Å². The molecule has 0 bridgehead atoms. The molecule has 0 heterocycles. The SMILES string of the molecule is CCCCCC(=O)N[C@@H](CCCO)CO[C@@H](C)C(=O)N[C@@H](C)C(=O)N[C@H](CCC(=O)OCc1ccccc1)C(N)=O. The van der Waals surface area contributed by atoms with Crippen LogP contribution in [0.4, 0.5) is 0 Å². The third-order valence-electron chi connectivity index (χ3n) is 6.29. The number of benzene rings is 1. The summed E-state index contributed by atoms with van der Waals surface area (Å²) in [4.78, 5) is 61.4. The van der Waals surface area contributed by atoms with Crippen LogP contribution in [0.3, 0.4) is 0 Å². The summed E-state index contributed by atoms with van der Waals surface area (Å²) in [5.41, 5.74) is 6.21. The van der Waals surface area contributed by atoms with Gasteiger partial charge in [-0.25, -0.2) is 0 Å². The Hall–Kier alpha value is -3.51. The number of hydrogen-bond acceptors (Lipinski definition) is 8. The monoisotopic (exact) mass is 578 g/mol. The van der Waals surface area contributed by atoms with Gasteiger partial charge in [0.25, 0.3) is 0 Å². The average molecular weight is 579 g/mol. The van der Waals surface area contributed by atoms with Gasteiger partial charge in [0, 0.05) is 19.4 Å². The van der Waals surface area contributed by atoms with E-state index in [1.54, 1.807) is 0 Å². The lowest BCUT2D eigenvalue weighted by molar-refractivity contribution is -0.145. The zero-order valence-electron chi connectivity index (χ0n) is 24.4. The van der Waals surface area contributed by atoms with Gasteiger partial charge in [-0.3, -0.25) is 24.0 Å². The summed E-state index contributed by atoms with van der Waals surface area (Å²) >= 11 is 0. The quantitative estimate of drug-likeness (QED) is 0.106. The lowest BCUT2D eigenvalue weighted by atomic mass is 10.1. The maximum Gasteiger partial charge on any atom is 0.306 e. The molecule has 230 valence electrons. The lowest BCUT2D eigenvalue weighted by Crippen LogP contribution is -2.53. The van der Waals surface area contributed by atoms with E-state index in [2.05, 4.69) is 22.9 Å². The normalized spacial score (nSPS) is 13.8. The molecule has 1 rings (SSSR count). The maximum absolute atomic E-state index is 12.6. The van der Waals surface area contributed by atoms with Gasteiger partial charge in [-0.2, -0.15) is 0 Å². The number of unbranched alkanes of at least 4 members (excludes halogenated alkanes) is 2. The number of carbonyl (C=O) groups excluding carboxylic acids is 5. The molecule has 12 nitrogen and oxygen atoms in total. The summed E-state index contributed by atoms with van der Waals surface area (Å²) in [5, 5.41) is 17.0. The Morgan fingerprint density at radius 2 is 1.61 bits per heavy atom. The molecule has 4 amide bonds. The number of esters is 1. The summed E-state index contributed by atoms with van der Waals surface area (Å²) in [6.07, 6.45) is 2.94. The minimum absolute atomic E-state index is 0.0357. The van der Waals surface area contributed by atoms with E-state index in [1.165, 1.54) is 13.8 Å². The first-order valence-corrected chi connectivity index (χ1v) is 14.2. The summed E-state index contributed by atoms with van der Waals surface area (Å²) in [5.74, 6) is -2.71. The van der Waals surface area contributed by atoms with Crippen LogP contribution in [0, 0.1) is 0 Å². The van der Waals surface area contributed by atoms with Crippen molar-refractivity contribution in [3.05, 3.63) is 35.9 Å². The molecule has 41 heavy (non-hydrogen) atoms. The molecule has 1 aromatic carbocycles. The van der Waals surface area contributed by atoms with Gasteiger partial charge in [-0.15, -0.1) is 0 Å². The van der Waals surface area contributed by atoms with Crippen LogP contribution in [-0.4, -0.2) is 72.1 Å². The van der Waals surface area contributed by atoms with Crippen LogP contribution < -0.4 is 21.7 Å². The number of hydrogen-bond donors (Lipinski definition) is 5. The van der Waals surface area contributed by atoms with Crippen LogP contribution in [-0.2, 0) is 40.1 Å². The molecule has 0 aliphatic carbocycles. The molecule has 0 radical (unpaired) electrons. The number of ether oxygens (including phenoxy) is 2. The van der Waals surface area contributed by atoms with Gasteiger partial charge >= 0.3 is 5.97 Å². The van der Waals surface area contributed by atoms with Crippen molar-refractivity contribution >= 4 is 29.6 Å². The zero-order chi connectivity index (χ0) is 30.6. The Morgan fingerprint density at radius 3 is 2.24 bits per heavy atom. The Kier molecular flexibility index (Phi) is 17.7. The molecule has 12 heteroatoms. The fourth-order valence-corrected chi connectivity index (χ4v) is 3.76. The molecule has 0 unspecified atom stereocenters. The molecule has 6 N–H and O–H groups in total. The van der Waals surface area contributed by atoms with Crippen molar-refractivity contribution in [2.45, 2.75) is 103 Å². The minimum Gasteiger partial charge on any atom is -0.461 e. The predicted molar refractivity (Wildman–Crippen MR) is 152 cm³/mol. The highest BCUT2D eigenvalue weighted by atomic mass is 16.5. The molecule has 0 aliphatic rings. The van der Waals surface area contributed by atoms with E-state index in [9.17, 15) is 24.0 Å². The number of nitrogens with two attached hydrogens (primary N) is 1. The summed E-state index contributed by atoms with van der Waals surface area (Å²) < 4.78 is 10.8. The lowest BCUT2D eigenvalue weighted by Gasteiger charge is -2.23. The standard InChI is InChI=1S/C29H46N4O8/c1-4-5-7-14-25(35)32-23(13-10-17-34)19-40-21(3)29(39)31-20(2)28(38)33-24(27(30)37)15-16-26(36)41-18-22-11-8-6-9-12-22/h6,8-9,11-12,20-21,23-24,34H,4-5,7,10,13-19H2,1-3H3,(H2,30,37)(H,31,39)(H,32,35)(H,33,38)/t20-,21-,23-,24+/m0/s1. The van der Waals surface area contributed by atoms with E-state index < -0.39 is 41.9 Å². The third-order valence-corrected chi connectivity index (χ3v) is 6.29. The van der Waals surface area contributed by atoms with Crippen molar-refractivity contribution < 1.29 is 38.6 Å². The number of amides is 4. The van der Waals surface area contributed by atoms with Crippen LogP contribution >= 0.6 is 0 Å². The highest BCUT2D eigenvalue weighted by molar-refractivity contribution is 5.92. The number of aliphatic hydroxyl groups excluding tert-OH is 1. The largest absolute Gasteiger partial charge is 0.461 e. The van der Waals surface area contributed by atoms with Gasteiger partial charge in [0.15, 0.2) is 0 Å². The van der Waals surface area contributed by atoms with Crippen molar-refractivity contribution in [1.29, 1.82) is 0 Å². The molecule has 0 aromatic heterocycles. The Morgan fingerprint density at radius 1 is 0.902 bits per heavy atom. The highest BCUT2D eigenvalue weighted by Crippen LogP contribution is 2.06. The summed E-state index contributed by atoms with van der Waals surface area (Å²) in [7, 11) is 0. The van der Waals surface area contributed by atoms with Crippen LogP contribution in [0.2, 0.25) is 0 Å². The van der Waals surface area contributed by atoms with E-state index in [4.69, 9.17) is 20.3 Å². The van der Waals surface area contributed by atoms with Gasteiger partial charge in [0.2, 0.25) is 23.6 Å². The molecule has 0 spiro atoms. The van der Waals surface area contributed by atoms with Crippen LogP contribution in [0.15, 0.2) is 30.3 Å². The molecule has 0 fully saturated rings. The minimum atomic E-state index is -1.13. The van der Waals surface area contributed by atoms with Crippen molar-refractivity contribution in [3.8, 4) is 0 Å². The van der Waals surface area contributed by atoms with Crippen molar-refractivity contribution in [3.63, 3.8) is 0 Å². The topological polar surface area (TPSA) is 186 Å². The number of primary amides is 1. The fourth-order valence-electron chi connectivity index (χ4n) is 3.76. The molecule has 0 saturated carbocycles. The first-order chi connectivity index (χ1) is 19.6. The summed E-state index contributed by atoms with van der Waals surface area (Å²) in [6, 6.07) is 6.58. The van der Waals surface area contributed by atoms with Gasteiger partial charge in [0.1, 0.15) is 24.8 Å². The van der Waals surface area contributed by atoms with Crippen LogP contribution in [0.5, 0.6) is 0 Å². The number of nitrogens with one attached hydrogen (secondary N) is 3. The van der Waals surface area contributed by atoms with E-state index in [0.29, 0.717) is 19.3 Å². The van der Waals surface area contributed by atoms with E-state index in [-0.39, 0.29) is 44.6 Å².